The number of ether oxygens (including phenoxy) is 1. The zero-order valence-corrected chi connectivity index (χ0v) is 12.0. The third-order valence-corrected chi connectivity index (χ3v) is 3.45. The van der Waals surface area contributed by atoms with Gasteiger partial charge in [-0.25, -0.2) is 4.98 Å². The molecule has 0 atom stereocenters. The molecule has 0 aliphatic carbocycles. The van der Waals surface area contributed by atoms with E-state index in [-0.39, 0.29) is 0 Å². The van der Waals surface area contributed by atoms with Crippen LogP contribution in [0.4, 0.5) is 0 Å². The highest BCUT2D eigenvalue weighted by molar-refractivity contribution is 9.10. The van der Waals surface area contributed by atoms with Gasteiger partial charge in [-0.2, -0.15) is 0 Å². The van der Waals surface area contributed by atoms with E-state index >= 15 is 0 Å². The molecule has 5 heteroatoms. The number of aryl methyl sites for hydroxylation is 1. The Morgan fingerprint density at radius 3 is 2.84 bits per heavy atom. The number of aromatic nitrogens is 3. The third kappa shape index (κ3) is 2.46. The van der Waals surface area contributed by atoms with Crippen LogP contribution in [0.15, 0.2) is 47.5 Å². The molecule has 3 rings (SSSR count). The van der Waals surface area contributed by atoms with Crippen molar-refractivity contribution in [2.24, 2.45) is 0 Å². The molecule has 0 spiro atoms. The van der Waals surface area contributed by atoms with Crippen LogP contribution in [0.2, 0.25) is 0 Å². The quantitative estimate of drug-likeness (QED) is 0.743. The van der Waals surface area contributed by atoms with E-state index in [1.165, 1.54) is 5.56 Å². The average Bonchev–Trinajstić information content (AvgIpc) is 2.76. The summed E-state index contributed by atoms with van der Waals surface area (Å²) in [5, 5.41) is 0. The number of fused-ring (bicyclic) bond motifs is 1. The van der Waals surface area contributed by atoms with Crippen molar-refractivity contribution in [3.63, 3.8) is 0 Å². The van der Waals surface area contributed by atoms with Gasteiger partial charge < -0.3 is 4.74 Å². The first kappa shape index (κ1) is 12.2. The van der Waals surface area contributed by atoms with Crippen LogP contribution in [-0.2, 0) is 6.61 Å². The zero-order valence-electron chi connectivity index (χ0n) is 10.4. The van der Waals surface area contributed by atoms with Crippen molar-refractivity contribution in [3.8, 4) is 5.75 Å². The second-order valence-corrected chi connectivity index (χ2v) is 5.00. The van der Waals surface area contributed by atoms with Gasteiger partial charge in [-0.15, -0.1) is 0 Å². The van der Waals surface area contributed by atoms with E-state index in [4.69, 9.17) is 4.74 Å². The summed E-state index contributed by atoms with van der Waals surface area (Å²) in [7, 11) is 0. The first-order chi connectivity index (χ1) is 9.24. The van der Waals surface area contributed by atoms with Gasteiger partial charge in [0, 0.05) is 12.4 Å². The van der Waals surface area contributed by atoms with E-state index in [0.29, 0.717) is 6.61 Å². The fraction of sp³-hybridized carbons (Fsp3) is 0.143. The topological polar surface area (TPSA) is 39.4 Å². The summed E-state index contributed by atoms with van der Waals surface area (Å²) < 4.78 is 8.49. The van der Waals surface area contributed by atoms with E-state index in [1.54, 1.807) is 12.4 Å². The lowest BCUT2D eigenvalue weighted by atomic mass is 10.2. The minimum atomic E-state index is 0.417. The summed E-state index contributed by atoms with van der Waals surface area (Å²) in [4.78, 5) is 8.52. The fourth-order valence-corrected chi connectivity index (χ4v) is 2.35. The lowest BCUT2D eigenvalue weighted by Gasteiger charge is -2.05. The van der Waals surface area contributed by atoms with E-state index < -0.39 is 0 Å². The molecule has 96 valence electrons. The van der Waals surface area contributed by atoms with Gasteiger partial charge in [-0.05, 0) is 35.0 Å². The van der Waals surface area contributed by atoms with Gasteiger partial charge in [0.15, 0.2) is 5.82 Å². The molecule has 2 aromatic heterocycles. The van der Waals surface area contributed by atoms with Crippen LogP contribution >= 0.6 is 15.9 Å². The Bertz CT molecular complexity index is 706. The van der Waals surface area contributed by atoms with Crippen LogP contribution in [0, 0.1) is 6.92 Å². The molecule has 0 radical (unpaired) electrons. The maximum absolute atomic E-state index is 5.74. The molecule has 2 heterocycles. The number of imidazole rings is 1. The molecule has 19 heavy (non-hydrogen) atoms. The smallest absolute Gasteiger partial charge is 0.152 e. The number of hydrogen-bond donors (Lipinski definition) is 0. The van der Waals surface area contributed by atoms with Crippen molar-refractivity contribution in [1.29, 1.82) is 0 Å². The number of rotatable bonds is 3. The van der Waals surface area contributed by atoms with Gasteiger partial charge in [0.1, 0.15) is 17.0 Å². The van der Waals surface area contributed by atoms with Gasteiger partial charge in [-0.3, -0.25) is 9.38 Å². The van der Waals surface area contributed by atoms with Gasteiger partial charge in [0.2, 0.25) is 0 Å². The van der Waals surface area contributed by atoms with Crippen LogP contribution in [0.1, 0.15) is 11.4 Å². The molecular weight excluding hydrogens is 306 g/mol. The number of benzene rings is 1. The molecule has 0 saturated carbocycles. The minimum absolute atomic E-state index is 0.417. The second-order valence-electron chi connectivity index (χ2n) is 4.25. The SMILES string of the molecule is Cc1ccc(OCc2nc(Br)c3cnccn23)cc1. The Morgan fingerprint density at radius 1 is 1.26 bits per heavy atom. The van der Waals surface area contributed by atoms with Crippen LogP contribution < -0.4 is 4.74 Å². The maximum atomic E-state index is 5.74. The lowest BCUT2D eigenvalue weighted by molar-refractivity contribution is 0.295. The van der Waals surface area contributed by atoms with Gasteiger partial charge >= 0.3 is 0 Å². The normalized spacial score (nSPS) is 10.8. The zero-order chi connectivity index (χ0) is 13.2. The molecule has 0 bridgehead atoms. The minimum Gasteiger partial charge on any atom is -0.486 e. The third-order valence-electron chi connectivity index (χ3n) is 2.86. The van der Waals surface area contributed by atoms with Crippen LogP contribution in [0.3, 0.4) is 0 Å². The summed E-state index contributed by atoms with van der Waals surface area (Å²) in [5.41, 5.74) is 2.15. The molecule has 1 aromatic carbocycles. The van der Waals surface area contributed by atoms with Gasteiger partial charge in [0.05, 0.1) is 11.7 Å². The number of nitrogens with zero attached hydrogens (tertiary/aromatic N) is 3. The van der Waals surface area contributed by atoms with E-state index in [0.717, 1.165) is 21.7 Å². The van der Waals surface area contributed by atoms with Crippen molar-refractivity contribution >= 4 is 21.4 Å². The first-order valence-electron chi connectivity index (χ1n) is 5.90. The van der Waals surface area contributed by atoms with Crippen molar-refractivity contribution in [3.05, 3.63) is 58.8 Å². The highest BCUT2D eigenvalue weighted by atomic mass is 79.9. The molecule has 0 aliphatic heterocycles. The Balaban J connectivity index is 1.84. The van der Waals surface area contributed by atoms with Crippen LogP contribution in [0.25, 0.3) is 5.52 Å². The van der Waals surface area contributed by atoms with Gasteiger partial charge in [-0.1, -0.05) is 17.7 Å². The molecule has 0 N–H and O–H groups in total. The van der Waals surface area contributed by atoms with Crippen molar-refractivity contribution in [2.75, 3.05) is 0 Å². The molecule has 4 nitrogen and oxygen atoms in total. The van der Waals surface area contributed by atoms with Crippen molar-refractivity contribution in [2.45, 2.75) is 13.5 Å². The van der Waals surface area contributed by atoms with Crippen molar-refractivity contribution < 1.29 is 4.74 Å². The summed E-state index contributed by atoms with van der Waals surface area (Å²) in [6, 6.07) is 7.97. The summed E-state index contributed by atoms with van der Waals surface area (Å²) in [6.07, 6.45) is 5.38. The molecule has 3 aromatic rings. The fourth-order valence-electron chi connectivity index (χ4n) is 1.85. The van der Waals surface area contributed by atoms with Crippen LogP contribution in [0.5, 0.6) is 5.75 Å². The van der Waals surface area contributed by atoms with E-state index in [2.05, 4.69) is 32.8 Å². The average molecular weight is 318 g/mol. The number of hydrogen-bond acceptors (Lipinski definition) is 3. The molecule has 0 fully saturated rings. The summed E-state index contributed by atoms with van der Waals surface area (Å²) in [5.74, 6) is 1.68. The Labute approximate surface area is 119 Å². The Kier molecular flexibility index (Phi) is 3.21. The lowest BCUT2D eigenvalue weighted by Crippen LogP contribution is -2.01. The molecular formula is C14H12BrN3O. The first-order valence-corrected chi connectivity index (χ1v) is 6.69. The summed E-state index contributed by atoms with van der Waals surface area (Å²) >= 11 is 3.43. The van der Waals surface area contributed by atoms with Gasteiger partial charge in [0.25, 0.3) is 0 Å². The molecule has 0 amide bonds. The molecule has 0 saturated heterocycles. The highest BCUT2D eigenvalue weighted by Crippen LogP contribution is 2.19. The predicted octanol–water partition coefficient (Wildman–Crippen LogP) is 3.38. The summed E-state index contributed by atoms with van der Waals surface area (Å²) in [6.45, 7) is 2.47. The Hall–Kier alpha value is -1.88. The second kappa shape index (κ2) is 5.01. The molecule has 0 unspecified atom stereocenters. The highest BCUT2D eigenvalue weighted by Gasteiger charge is 2.09. The Morgan fingerprint density at radius 2 is 2.05 bits per heavy atom. The number of halogens is 1. The maximum Gasteiger partial charge on any atom is 0.152 e. The standard InChI is InChI=1S/C14H12BrN3O/c1-10-2-4-11(5-3-10)19-9-13-17-14(15)12-8-16-6-7-18(12)13/h2-8H,9H2,1H3. The predicted molar refractivity (Wildman–Crippen MR) is 76.2 cm³/mol. The largest absolute Gasteiger partial charge is 0.486 e. The molecule has 0 aliphatic rings. The van der Waals surface area contributed by atoms with E-state index in [9.17, 15) is 0 Å². The monoisotopic (exact) mass is 317 g/mol. The van der Waals surface area contributed by atoms with Crippen molar-refractivity contribution in [1.82, 2.24) is 14.4 Å². The van der Waals surface area contributed by atoms with E-state index in [1.807, 2.05) is 34.9 Å². The van der Waals surface area contributed by atoms with Crippen LogP contribution in [-0.4, -0.2) is 14.4 Å².